The first kappa shape index (κ1) is 15.4. The van der Waals surface area contributed by atoms with Crippen LogP contribution in [0.25, 0.3) is 0 Å². The zero-order valence-corrected chi connectivity index (χ0v) is 13.1. The fraction of sp³-hybridized carbons (Fsp3) is 0.438. The Balaban J connectivity index is 2.43. The van der Waals surface area contributed by atoms with Crippen LogP contribution >= 0.6 is 0 Å². The molecule has 1 aromatic carbocycles. The SMILES string of the molecule is CCNC(c1ccc(OC)c(OC)c1)c1nccn1CC. The molecular weight excluding hydrogens is 266 g/mol. The van der Waals surface area contributed by atoms with Crippen molar-refractivity contribution in [1.29, 1.82) is 0 Å². The molecule has 0 bridgehead atoms. The van der Waals surface area contributed by atoms with Crippen molar-refractivity contribution < 1.29 is 9.47 Å². The van der Waals surface area contributed by atoms with Crippen LogP contribution in [0.5, 0.6) is 11.5 Å². The highest BCUT2D eigenvalue weighted by Gasteiger charge is 2.19. The van der Waals surface area contributed by atoms with Crippen molar-refractivity contribution in [2.45, 2.75) is 26.4 Å². The lowest BCUT2D eigenvalue weighted by Gasteiger charge is -2.20. The van der Waals surface area contributed by atoms with Crippen LogP contribution in [0.1, 0.15) is 31.3 Å². The predicted molar refractivity (Wildman–Crippen MR) is 83.0 cm³/mol. The summed E-state index contributed by atoms with van der Waals surface area (Å²) >= 11 is 0. The van der Waals surface area contributed by atoms with Gasteiger partial charge in [-0.3, -0.25) is 0 Å². The Kier molecular flexibility index (Phi) is 5.22. The number of nitrogens with zero attached hydrogens (tertiary/aromatic N) is 2. The second kappa shape index (κ2) is 7.13. The summed E-state index contributed by atoms with van der Waals surface area (Å²) in [6, 6.07) is 6.01. The molecule has 2 rings (SSSR count). The lowest BCUT2D eigenvalue weighted by Crippen LogP contribution is -2.25. The van der Waals surface area contributed by atoms with E-state index in [0.717, 1.165) is 36.0 Å². The molecule has 0 radical (unpaired) electrons. The third-order valence-corrected chi connectivity index (χ3v) is 3.50. The zero-order chi connectivity index (χ0) is 15.2. The summed E-state index contributed by atoms with van der Waals surface area (Å²) < 4.78 is 12.8. The number of hydrogen-bond donors (Lipinski definition) is 1. The van der Waals surface area contributed by atoms with Crippen molar-refractivity contribution in [3.05, 3.63) is 42.0 Å². The number of rotatable bonds is 7. The second-order valence-electron chi connectivity index (χ2n) is 4.68. The summed E-state index contributed by atoms with van der Waals surface area (Å²) in [5.41, 5.74) is 1.11. The van der Waals surface area contributed by atoms with Crippen LogP contribution in [-0.2, 0) is 6.54 Å². The van der Waals surface area contributed by atoms with E-state index in [4.69, 9.17) is 9.47 Å². The minimum Gasteiger partial charge on any atom is -0.493 e. The molecule has 0 saturated heterocycles. The van der Waals surface area contributed by atoms with E-state index in [1.807, 2.05) is 30.6 Å². The molecule has 0 amide bonds. The number of aromatic nitrogens is 2. The van der Waals surface area contributed by atoms with Gasteiger partial charge in [0.05, 0.1) is 20.3 Å². The summed E-state index contributed by atoms with van der Waals surface area (Å²) in [7, 11) is 3.29. The zero-order valence-electron chi connectivity index (χ0n) is 13.1. The molecule has 0 aliphatic heterocycles. The van der Waals surface area contributed by atoms with Gasteiger partial charge >= 0.3 is 0 Å². The van der Waals surface area contributed by atoms with Crippen molar-refractivity contribution in [3.63, 3.8) is 0 Å². The highest BCUT2D eigenvalue weighted by Crippen LogP contribution is 2.31. The van der Waals surface area contributed by atoms with Gasteiger partial charge in [-0.05, 0) is 31.2 Å². The van der Waals surface area contributed by atoms with Crippen molar-refractivity contribution in [3.8, 4) is 11.5 Å². The number of imidazole rings is 1. The quantitative estimate of drug-likeness (QED) is 0.851. The van der Waals surface area contributed by atoms with Crippen molar-refractivity contribution in [1.82, 2.24) is 14.9 Å². The Bertz CT molecular complexity index is 581. The first-order valence-corrected chi connectivity index (χ1v) is 7.21. The maximum absolute atomic E-state index is 5.40. The van der Waals surface area contributed by atoms with Gasteiger partial charge in [0, 0.05) is 18.9 Å². The smallest absolute Gasteiger partial charge is 0.161 e. The van der Waals surface area contributed by atoms with E-state index in [2.05, 4.69) is 28.7 Å². The van der Waals surface area contributed by atoms with Gasteiger partial charge in [-0.2, -0.15) is 0 Å². The molecule has 0 aliphatic rings. The summed E-state index contributed by atoms with van der Waals surface area (Å²) in [6.07, 6.45) is 3.84. The van der Waals surface area contributed by atoms with Crippen molar-refractivity contribution in [2.24, 2.45) is 0 Å². The molecular formula is C16H23N3O2. The third kappa shape index (κ3) is 3.19. The molecule has 1 heterocycles. The molecule has 21 heavy (non-hydrogen) atoms. The fourth-order valence-electron chi connectivity index (χ4n) is 2.44. The Morgan fingerprint density at radius 2 is 1.95 bits per heavy atom. The molecule has 0 fully saturated rings. The summed E-state index contributed by atoms with van der Waals surface area (Å²) in [5.74, 6) is 2.47. The Labute approximate surface area is 125 Å². The number of hydrogen-bond acceptors (Lipinski definition) is 4. The fourth-order valence-corrected chi connectivity index (χ4v) is 2.44. The van der Waals surface area contributed by atoms with Gasteiger partial charge < -0.3 is 19.4 Å². The first-order valence-electron chi connectivity index (χ1n) is 7.21. The number of ether oxygens (including phenoxy) is 2. The van der Waals surface area contributed by atoms with E-state index < -0.39 is 0 Å². The van der Waals surface area contributed by atoms with E-state index >= 15 is 0 Å². The maximum atomic E-state index is 5.40. The molecule has 5 heteroatoms. The minimum absolute atomic E-state index is 0.0322. The number of aryl methyl sites for hydroxylation is 1. The van der Waals surface area contributed by atoms with Crippen LogP contribution in [0, 0.1) is 0 Å². The Hall–Kier alpha value is -2.01. The highest BCUT2D eigenvalue weighted by atomic mass is 16.5. The average molecular weight is 289 g/mol. The van der Waals surface area contributed by atoms with Crippen LogP contribution in [0.3, 0.4) is 0 Å². The maximum Gasteiger partial charge on any atom is 0.161 e. The van der Waals surface area contributed by atoms with E-state index in [0.29, 0.717) is 0 Å². The Morgan fingerprint density at radius 1 is 1.19 bits per heavy atom. The summed E-state index contributed by atoms with van der Waals surface area (Å²) in [6.45, 7) is 5.95. The van der Waals surface area contributed by atoms with E-state index in [9.17, 15) is 0 Å². The van der Waals surface area contributed by atoms with Crippen LogP contribution in [0.4, 0.5) is 0 Å². The van der Waals surface area contributed by atoms with Crippen molar-refractivity contribution in [2.75, 3.05) is 20.8 Å². The topological polar surface area (TPSA) is 48.3 Å². The van der Waals surface area contributed by atoms with Crippen LogP contribution in [0.15, 0.2) is 30.6 Å². The normalized spacial score (nSPS) is 12.2. The predicted octanol–water partition coefficient (Wildman–Crippen LogP) is 2.62. The molecule has 0 spiro atoms. The van der Waals surface area contributed by atoms with Gasteiger partial charge in [-0.15, -0.1) is 0 Å². The van der Waals surface area contributed by atoms with Crippen molar-refractivity contribution >= 4 is 0 Å². The average Bonchev–Trinajstić information content (AvgIpc) is 3.00. The molecule has 0 saturated carbocycles. The van der Waals surface area contributed by atoms with Gasteiger partial charge in [0.2, 0.25) is 0 Å². The van der Waals surface area contributed by atoms with Gasteiger partial charge in [0.25, 0.3) is 0 Å². The van der Waals surface area contributed by atoms with Crippen LogP contribution in [-0.4, -0.2) is 30.3 Å². The monoisotopic (exact) mass is 289 g/mol. The summed E-state index contributed by atoms with van der Waals surface area (Å²) in [5, 5.41) is 3.49. The molecule has 2 aromatic rings. The summed E-state index contributed by atoms with van der Waals surface area (Å²) in [4.78, 5) is 4.51. The van der Waals surface area contributed by atoms with E-state index in [-0.39, 0.29) is 6.04 Å². The molecule has 0 aliphatic carbocycles. The van der Waals surface area contributed by atoms with Gasteiger partial charge in [-0.1, -0.05) is 13.0 Å². The molecule has 1 aromatic heterocycles. The molecule has 1 N–H and O–H groups in total. The standard InChI is InChI=1S/C16H23N3O2/c1-5-17-15(16-18-9-10-19(16)6-2)12-7-8-13(20-3)14(11-12)21-4/h7-11,15,17H,5-6H2,1-4H3. The van der Waals surface area contributed by atoms with Gasteiger partial charge in [0.1, 0.15) is 5.82 Å². The highest BCUT2D eigenvalue weighted by molar-refractivity contribution is 5.44. The van der Waals surface area contributed by atoms with Gasteiger partial charge in [0.15, 0.2) is 11.5 Å². The number of methoxy groups -OCH3 is 2. The second-order valence-corrected chi connectivity index (χ2v) is 4.68. The third-order valence-electron chi connectivity index (χ3n) is 3.50. The lowest BCUT2D eigenvalue weighted by molar-refractivity contribution is 0.354. The number of benzene rings is 1. The first-order chi connectivity index (χ1) is 10.2. The molecule has 5 nitrogen and oxygen atoms in total. The Morgan fingerprint density at radius 3 is 2.57 bits per heavy atom. The van der Waals surface area contributed by atoms with E-state index in [1.165, 1.54) is 0 Å². The van der Waals surface area contributed by atoms with Gasteiger partial charge in [-0.25, -0.2) is 4.98 Å². The number of nitrogens with one attached hydrogen (secondary N) is 1. The minimum atomic E-state index is 0.0322. The largest absolute Gasteiger partial charge is 0.493 e. The lowest BCUT2D eigenvalue weighted by atomic mass is 10.1. The van der Waals surface area contributed by atoms with Crippen LogP contribution in [0.2, 0.25) is 0 Å². The molecule has 114 valence electrons. The van der Waals surface area contributed by atoms with E-state index in [1.54, 1.807) is 14.2 Å². The molecule has 1 unspecified atom stereocenters. The molecule has 1 atom stereocenters. The van der Waals surface area contributed by atoms with Crippen LogP contribution < -0.4 is 14.8 Å².